The minimum absolute atomic E-state index is 0.0441. The third-order valence-electron chi connectivity index (χ3n) is 3.43. The van der Waals surface area contributed by atoms with Crippen LogP contribution in [0.3, 0.4) is 0 Å². The van der Waals surface area contributed by atoms with E-state index in [4.69, 9.17) is 0 Å². The summed E-state index contributed by atoms with van der Waals surface area (Å²) >= 11 is 0. The van der Waals surface area contributed by atoms with E-state index in [9.17, 15) is 9.90 Å². The Hall–Kier alpha value is -0.610. The minimum atomic E-state index is -0.0447. The van der Waals surface area contributed by atoms with Crippen molar-refractivity contribution in [2.45, 2.75) is 46.1 Å². The highest BCUT2D eigenvalue weighted by Gasteiger charge is 2.25. The minimum Gasteiger partial charge on any atom is -0.396 e. The van der Waals surface area contributed by atoms with Gasteiger partial charge >= 0.3 is 0 Å². The molecular weight excluding hydrogens is 204 g/mol. The number of carbonyl (C=O) groups is 1. The number of hydrogen-bond acceptors (Lipinski definition) is 3. The van der Waals surface area contributed by atoms with Gasteiger partial charge in [-0.2, -0.15) is 0 Å². The normalized spacial score (nSPS) is 13.6. The summed E-state index contributed by atoms with van der Waals surface area (Å²) in [6, 6.07) is 0.143. The summed E-state index contributed by atoms with van der Waals surface area (Å²) < 4.78 is 0. The first-order chi connectivity index (χ1) is 7.53. The van der Waals surface area contributed by atoms with Gasteiger partial charge in [-0.25, -0.2) is 0 Å². The second-order valence-electron chi connectivity index (χ2n) is 4.52. The van der Waals surface area contributed by atoms with Gasteiger partial charge < -0.3 is 15.7 Å². The van der Waals surface area contributed by atoms with Gasteiger partial charge in [0, 0.05) is 38.1 Å². The Morgan fingerprint density at radius 2 is 1.94 bits per heavy atom. The van der Waals surface area contributed by atoms with Gasteiger partial charge in [-0.15, -0.1) is 0 Å². The van der Waals surface area contributed by atoms with Crippen molar-refractivity contribution in [2.75, 3.05) is 20.2 Å². The molecule has 0 radical (unpaired) electrons. The van der Waals surface area contributed by atoms with Gasteiger partial charge in [-0.1, -0.05) is 13.8 Å². The van der Waals surface area contributed by atoms with Gasteiger partial charge in [0.25, 0.3) is 0 Å². The SMILES string of the molecule is CCC(CC)(CO)CNC(C)CC(=O)NC. The molecule has 0 spiro atoms. The van der Waals surface area contributed by atoms with Gasteiger partial charge in [0.05, 0.1) is 0 Å². The predicted octanol–water partition coefficient (Wildman–Crippen LogP) is 0.899. The van der Waals surface area contributed by atoms with Crippen molar-refractivity contribution in [2.24, 2.45) is 5.41 Å². The van der Waals surface area contributed by atoms with Crippen molar-refractivity contribution in [3.8, 4) is 0 Å². The summed E-state index contributed by atoms with van der Waals surface area (Å²) in [5, 5.41) is 15.3. The number of nitrogens with one attached hydrogen (secondary N) is 2. The van der Waals surface area contributed by atoms with E-state index in [2.05, 4.69) is 24.5 Å². The Kier molecular flexibility index (Phi) is 7.34. The van der Waals surface area contributed by atoms with Crippen LogP contribution in [0.1, 0.15) is 40.0 Å². The first-order valence-corrected chi connectivity index (χ1v) is 6.08. The maximum atomic E-state index is 11.2. The lowest BCUT2D eigenvalue weighted by molar-refractivity contribution is -0.121. The maximum Gasteiger partial charge on any atom is 0.221 e. The van der Waals surface area contributed by atoms with Crippen LogP contribution in [0.5, 0.6) is 0 Å². The zero-order chi connectivity index (χ0) is 12.6. The Bertz CT molecular complexity index is 195. The first kappa shape index (κ1) is 15.4. The molecule has 16 heavy (non-hydrogen) atoms. The monoisotopic (exact) mass is 230 g/mol. The summed E-state index contributed by atoms with van der Waals surface area (Å²) in [5.74, 6) is 0.0441. The number of hydrogen-bond donors (Lipinski definition) is 3. The average Bonchev–Trinajstić information content (AvgIpc) is 2.31. The molecule has 0 saturated carbocycles. The van der Waals surface area contributed by atoms with Crippen LogP contribution in [-0.4, -0.2) is 37.3 Å². The van der Waals surface area contributed by atoms with Gasteiger partial charge in [-0.05, 0) is 19.8 Å². The topological polar surface area (TPSA) is 61.4 Å². The Morgan fingerprint density at radius 1 is 1.38 bits per heavy atom. The van der Waals surface area contributed by atoms with E-state index in [-0.39, 0.29) is 24.0 Å². The fraction of sp³-hybridized carbons (Fsp3) is 0.917. The standard InChI is InChI=1S/C12H26N2O2/c1-5-12(6-2,9-15)8-14-10(3)7-11(16)13-4/h10,14-15H,5-9H2,1-4H3,(H,13,16). The molecule has 0 aliphatic rings. The van der Waals surface area contributed by atoms with E-state index < -0.39 is 0 Å². The molecule has 0 heterocycles. The zero-order valence-corrected chi connectivity index (χ0v) is 11.0. The molecule has 4 nitrogen and oxygen atoms in total. The average molecular weight is 230 g/mol. The molecule has 0 saturated heterocycles. The van der Waals surface area contributed by atoms with Crippen molar-refractivity contribution in [1.82, 2.24) is 10.6 Å². The Labute approximate surface area is 98.8 Å². The van der Waals surface area contributed by atoms with Crippen LogP contribution in [0.4, 0.5) is 0 Å². The van der Waals surface area contributed by atoms with Crippen LogP contribution in [-0.2, 0) is 4.79 Å². The lowest BCUT2D eigenvalue weighted by Crippen LogP contribution is -2.42. The Morgan fingerprint density at radius 3 is 2.31 bits per heavy atom. The van der Waals surface area contributed by atoms with Crippen molar-refractivity contribution in [1.29, 1.82) is 0 Å². The van der Waals surface area contributed by atoms with Crippen molar-refractivity contribution >= 4 is 5.91 Å². The second-order valence-corrected chi connectivity index (χ2v) is 4.52. The van der Waals surface area contributed by atoms with Crippen LogP contribution in [0, 0.1) is 5.41 Å². The molecule has 1 unspecified atom stereocenters. The van der Waals surface area contributed by atoms with E-state index in [1.165, 1.54) is 0 Å². The van der Waals surface area contributed by atoms with Crippen LogP contribution < -0.4 is 10.6 Å². The lowest BCUT2D eigenvalue weighted by atomic mass is 9.83. The zero-order valence-electron chi connectivity index (χ0n) is 11.0. The molecule has 0 aromatic carbocycles. The summed E-state index contributed by atoms with van der Waals surface area (Å²) in [5.41, 5.74) is -0.0447. The first-order valence-electron chi connectivity index (χ1n) is 6.08. The van der Waals surface area contributed by atoms with E-state index in [0.29, 0.717) is 6.42 Å². The molecule has 96 valence electrons. The molecule has 0 fully saturated rings. The number of aliphatic hydroxyl groups excluding tert-OH is 1. The van der Waals surface area contributed by atoms with Crippen LogP contribution in [0.15, 0.2) is 0 Å². The molecular formula is C12H26N2O2. The highest BCUT2D eigenvalue weighted by Crippen LogP contribution is 2.24. The highest BCUT2D eigenvalue weighted by atomic mass is 16.3. The van der Waals surface area contributed by atoms with Gasteiger partial charge in [0.2, 0.25) is 5.91 Å². The number of rotatable bonds is 8. The van der Waals surface area contributed by atoms with Gasteiger partial charge in [0.1, 0.15) is 0 Å². The number of aliphatic hydroxyl groups is 1. The number of carbonyl (C=O) groups excluding carboxylic acids is 1. The molecule has 0 aliphatic carbocycles. The summed E-state index contributed by atoms with van der Waals surface area (Å²) in [7, 11) is 1.64. The summed E-state index contributed by atoms with van der Waals surface area (Å²) in [4.78, 5) is 11.2. The van der Waals surface area contributed by atoms with Crippen molar-refractivity contribution in [3.63, 3.8) is 0 Å². The predicted molar refractivity (Wildman–Crippen MR) is 66.2 cm³/mol. The molecule has 4 heteroatoms. The third-order valence-corrected chi connectivity index (χ3v) is 3.43. The third kappa shape index (κ3) is 4.94. The maximum absolute atomic E-state index is 11.2. The fourth-order valence-electron chi connectivity index (χ4n) is 1.62. The van der Waals surface area contributed by atoms with E-state index in [1.54, 1.807) is 7.05 Å². The van der Waals surface area contributed by atoms with Gasteiger partial charge in [-0.3, -0.25) is 4.79 Å². The molecule has 0 aromatic rings. The van der Waals surface area contributed by atoms with Crippen LogP contribution >= 0.6 is 0 Å². The Balaban J connectivity index is 4.05. The summed E-state index contributed by atoms with van der Waals surface area (Å²) in [6.07, 6.45) is 2.37. The molecule has 1 amide bonds. The highest BCUT2D eigenvalue weighted by molar-refractivity contribution is 5.76. The molecule has 0 rings (SSSR count). The van der Waals surface area contributed by atoms with E-state index in [0.717, 1.165) is 19.4 Å². The smallest absolute Gasteiger partial charge is 0.221 e. The van der Waals surface area contributed by atoms with Crippen molar-refractivity contribution < 1.29 is 9.90 Å². The number of amides is 1. The molecule has 0 aromatic heterocycles. The van der Waals surface area contributed by atoms with Crippen LogP contribution in [0.25, 0.3) is 0 Å². The molecule has 3 N–H and O–H groups in total. The largest absolute Gasteiger partial charge is 0.396 e. The van der Waals surface area contributed by atoms with E-state index >= 15 is 0 Å². The summed E-state index contributed by atoms with van der Waals surface area (Å²) in [6.45, 7) is 7.12. The van der Waals surface area contributed by atoms with Gasteiger partial charge in [0.15, 0.2) is 0 Å². The van der Waals surface area contributed by atoms with Crippen LogP contribution in [0.2, 0.25) is 0 Å². The van der Waals surface area contributed by atoms with E-state index in [1.807, 2.05) is 6.92 Å². The molecule has 0 bridgehead atoms. The molecule has 0 aliphatic heterocycles. The lowest BCUT2D eigenvalue weighted by Gasteiger charge is -2.31. The fourth-order valence-corrected chi connectivity index (χ4v) is 1.62. The van der Waals surface area contributed by atoms with Crippen molar-refractivity contribution in [3.05, 3.63) is 0 Å². The second kappa shape index (κ2) is 7.63. The molecule has 1 atom stereocenters. The quantitative estimate of drug-likeness (QED) is 0.580.